The van der Waals surface area contributed by atoms with E-state index < -0.39 is 0 Å². The molecule has 0 fully saturated rings. The maximum Gasteiger partial charge on any atom is 0.0933 e. The number of rotatable bonds is 4. The van der Waals surface area contributed by atoms with Gasteiger partial charge in [0.1, 0.15) is 0 Å². The molecule has 2 heterocycles. The molecular formula is C10H12N2OS. The summed E-state index contributed by atoms with van der Waals surface area (Å²) in [5, 5.41) is 11.8. The van der Waals surface area contributed by atoms with E-state index in [-0.39, 0.29) is 6.61 Å². The molecule has 2 aromatic heterocycles. The van der Waals surface area contributed by atoms with E-state index in [1.54, 1.807) is 11.3 Å². The van der Waals surface area contributed by atoms with Crippen LogP contribution in [0.2, 0.25) is 0 Å². The van der Waals surface area contributed by atoms with Crippen molar-refractivity contribution in [2.75, 3.05) is 6.61 Å². The summed E-state index contributed by atoms with van der Waals surface area (Å²) in [6.07, 6.45) is 5.48. The van der Waals surface area contributed by atoms with E-state index in [1.165, 1.54) is 0 Å². The summed E-state index contributed by atoms with van der Waals surface area (Å²) in [5.41, 5.74) is 2.14. The highest BCUT2D eigenvalue weighted by Gasteiger charge is 2.03. The van der Waals surface area contributed by atoms with Crippen LogP contribution < -0.4 is 0 Å². The van der Waals surface area contributed by atoms with Crippen LogP contribution in [0.15, 0.2) is 23.8 Å². The van der Waals surface area contributed by atoms with Crippen molar-refractivity contribution in [2.24, 2.45) is 0 Å². The minimum Gasteiger partial charge on any atom is -0.396 e. The Morgan fingerprint density at radius 2 is 2.43 bits per heavy atom. The first-order valence-electron chi connectivity index (χ1n) is 4.58. The Labute approximate surface area is 86.4 Å². The van der Waals surface area contributed by atoms with Crippen molar-refractivity contribution in [1.82, 2.24) is 9.97 Å². The number of H-pyrrole nitrogens is 1. The SMILES string of the molecule is OCCCc1nc(-c2cc[nH]c2)cs1. The number of aromatic amines is 1. The Bertz CT molecular complexity index is 380. The van der Waals surface area contributed by atoms with Crippen LogP contribution in [-0.4, -0.2) is 21.7 Å². The van der Waals surface area contributed by atoms with Crippen LogP contribution >= 0.6 is 11.3 Å². The van der Waals surface area contributed by atoms with Crippen molar-refractivity contribution in [3.8, 4) is 11.3 Å². The van der Waals surface area contributed by atoms with Crippen molar-refractivity contribution in [2.45, 2.75) is 12.8 Å². The van der Waals surface area contributed by atoms with E-state index in [1.807, 2.05) is 18.5 Å². The van der Waals surface area contributed by atoms with Crippen LogP contribution in [0.3, 0.4) is 0 Å². The summed E-state index contributed by atoms with van der Waals surface area (Å²) in [6.45, 7) is 0.235. The summed E-state index contributed by atoms with van der Waals surface area (Å²) in [5.74, 6) is 0. The summed E-state index contributed by atoms with van der Waals surface area (Å²) in [6, 6.07) is 2.00. The molecule has 14 heavy (non-hydrogen) atoms. The number of thiazole rings is 1. The molecular weight excluding hydrogens is 196 g/mol. The zero-order valence-electron chi connectivity index (χ0n) is 7.73. The second-order valence-electron chi connectivity index (χ2n) is 3.05. The highest BCUT2D eigenvalue weighted by Crippen LogP contribution is 2.21. The molecule has 0 spiro atoms. The number of aryl methyl sites for hydroxylation is 1. The molecule has 0 unspecified atom stereocenters. The average molecular weight is 208 g/mol. The largest absolute Gasteiger partial charge is 0.396 e. The monoisotopic (exact) mass is 208 g/mol. The van der Waals surface area contributed by atoms with Gasteiger partial charge in [-0.25, -0.2) is 4.98 Å². The molecule has 3 nitrogen and oxygen atoms in total. The van der Waals surface area contributed by atoms with E-state index in [0.29, 0.717) is 0 Å². The van der Waals surface area contributed by atoms with Gasteiger partial charge < -0.3 is 10.1 Å². The number of aromatic nitrogens is 2. The molecule has 4 heteroatoms. The number of nitrogens with one attached hydrogen (secondary N) is 1. The van der Waals surface area contributed by atoms with Crippen molar-refractivity contribution in [3.63, 3.8) is 0 Å². The van der Waals surface area contributed by atoms with Crippen LogP contribution in [0.1, 0.15) is 11.4 Å². The lowest BCUT2D eigenvalue weighted by Gasteiger charge is -1.91. The van der Waals surface area contributed by atoms with Crippen LogP contribution in [-0.2, 0) is 6.42 Å². The van der Waals surface area contributed by atoms with Gasteiger partial charge in [0.25, 0.3) is 0 Å². The van der Waals surface area contributed by atoms with Gasteiger partial charge in [0, 0.05) is 36.4 Å². The lowest BCUT2D eigenvalue weighted by atomic mass is 10.3. The molecule has 74 valence electrons. The standard InChI is InChI=1S/C10H12N2OS/c13-5-1-2-10-12-9(7-14-10)8-3-4-11-6-8/h3-4,6-7,11,13H,1-2,5H2. The third-order valence-corrected chi connectivity index (χ3v) is 2.90. The predicted molar refractivity (Wildman–Crippen MR) is 57.3 cm³/mol. The summed E-state index contributed by atoms with van der Waals surface area (Å²) < 4.78 is 0. The first-order valence-corrected chi connectivity index (χ1v) is 5.46. The normalized spacial score (nSPS) is 10.6. The molecule has 0 saturated carbocycles. The average Bonchev–Trinajstić information content (AvgIpc) is 2.85. The molecule has 0 amide bonds. The number of hydrogen-bond donors (Lipinski definition) is 2. The molecule has 0 saturated heterocycles. The van der Waals surface area contributed by atoms with E-state index in [2.05, 4.69) is 15.3 Å². The summed E-state index contributed by atoms with van der Waals surface area (Å²) >= 11 is 1.65. The fourth-order valence-electron chi connectivity index (χ4n) is 1.27. The smallest absolute Gasteiger partial charge is 0.0933 e. The first-order chi connectivity index (χ1) is 6.90. The molecule has 0 aromatic carbocycles. The molecule has 2 N–H and O–H groups in total. The third kappa shape index (κ3) is 2.02. The Balaban J connectivity index is 2.10. The second-order valence-corrected chi connectivity index (χ2v) is 4.00. The van der Waals surface area contributed by atoms with E-state index in [9.17, 15) is 0 Å². The maximum absolute atomic E-state index is 8.69. The van der Waals surface area contributed by atoms with Gasteiger partial charge in [0.05, 0.1) is 10.7 Å². The molecule has 2 rings (SSSR count). The Morgan fingerprint density at radius 3 is 3.14 bits per heavy atom. The zero-order chi connectivity index (χ0) is 9.80. The van der Waals surface area contributed by atoms with Crippen molar-refractivity contribution in [3.05, 3.63) is 28.8 Å². The fraction of sp³-hybridized carbons (Fsp3) is 0.300. The number of nitrogens with zero attached hydrogens (tertiary/aromatic N) is 1. The Hall–Kier alpha value is -1.13. The van der Waals surface area contributed by atoms with E-state index in [0.717, 1.165) is 29.1 Å². The van der Waals surface area contributed by atoms with Gasteiger partial charge >= 0.3 is 0 Å². The minimum absolute atomic E-state index is 0.235. The Kier molecular flexibility index (Phi) is 2.96. The lowest BCUT2D eigenvalue weighted by Crippen LogP contribution is -1.88. The molecule has 0 atom stereocenters. The highest BCUT2D eigenvalue weighted by molar-refractivity contribution is 7.09. The molecule has 0 bridgehead atoms. The zero-order valence-corrected chi connectivity index (χ0v) is 8.55. The van der Waals surface area contributed by atoms with Gasteiger partial charge in [-0.05, 0) is 12.5 Å². The lowest BCUT2D eigenvalue weighted by molar-refractivity contribution is 0.288. The van der Waals surface area contributed by atoms with Gasteiger partial charge in [-0.1, -0.05) is 0 Å². The van der Waals surface area contributed by atoms with Crippen molar-refractivity contribution < 1.29 is 5.11 Å². The highest BCUT2D eigenvalue weighted by atomic mass is 32.1. The quantitative estimate of drug-likeness (QED) is 0.808. The molecule has 0 aliphatic heterocycles. The minimum atomic E-state index is 0.235. The van der Waals surface area contributed by atoms with E-state index >= 15 is 0 Å². The summed E-state index contributed by atoms with van der Waals surface area (Å²) in [4.78, 5) is 7.48. The van der Waals surface area contributed by atoms with Crippen molar-refractivity contribution in [1.29, 1.82) is 0 Å². The molecule has 2 aromatic rings. The maximum atomic E-state index is 8.69. The Morgan fingerprint density at radius 1 is 1.50 bits per heavy atom. The van der Waals surface area contributed by atoms with Gasteiger partial charge in [-0.2, -0.15) is 0 Å². The van der Waals surface area contributed by atoms with Crippen LogP contribution in [0.25, 0.3) is 11.3 Å². The number of hydrogen-bond acceptors (Lipinski definition) is 3. The van der Waals surface area contributed by atoms with E-state index in [4.69, 9.17) is 5.11 Å². The van der Waals surface area contributed by atoms with Gasteiger partial charge in [-0.15, -0.1) is 11.3 Å². The molecule has 0 aliphatic carbocycles. The number of aliphatic hydroxyl groups is 1. The molecule has 0 radical (unpaired) electrons. The topological polar surface area (TPSA) is 48.9 Å². The fourth-order valence-corrected chi connectivity index (χ4v) is 2.12. The van der Waals surface area contributed by atoms with Gasteiger partial charge in [0.15, 0.2) is 0 Å². The van der Waals surface area contributed by atoms with Crippen molar-refractivity contribution >= 4 is 11.3 Å². The molecule has 0 aliphatic rings. The number of aliphatic hydroxyl groups excluding tert-OH is 1. The van der Waals surface area contributed by atoms with Crippen LogP contribution in [0, 0.1) is 0 Å². The predicted octanol–water partition coefficient (Wildman–Crippen LogP) is 2.06. The van der Waals surface area contributed by atoms with Gasteiger partial charge in [0.2, 0.25) is 0 Å². The van der Waals surface area contributed by atoms with Gasteiger partial charge in [-0.3, -0.25) is 0 Å². The summed E-state index contributed by atoms with van der Waals surface area (Å²) in [7, 11) is 0. The third-order valence-electron chi connectivity index (χ3n) is 1.99. The first kappa shape index (κ1) is 9.43. The van der Waals surface area contributed by atoms with Crippen LogP contribution in [0.5, 0.6) is 0 Å². The second kappa shape index (κ2) is 4.39. The van der Waals surface area contributed by atoms with Crippen LogP contribution in [0.4, 0.5) is 0 Å².